The predicted molar refractivity (Wildman–Crippen MR) is 66.3 cm³/mol. The van der Waals surface area contributed by atoms with E-state index in [0.717, 1.165) is 16.5 Å². The fourth-order valence-corrected chi connectivity index (χ4v) is 1.88. The van der Waals surface area contributed by atoms with Crippen LogP contribution < -0.4 is 0 Å². The zero-order valence-electron chi connectivity index (χ0n) is 9.96. The Hall–Kier alpha value is -1.75. The van der Waals surface area contributed by atoms with E-state index in [1.165, 1.54) is 5.56 Å². The molecule has 82 valence electrons. The van der Waals surface area contributed by atoms with Gasteiger partial charge in [-0.15, -0.1) is 0 Å². The first-order valence-electron chi connectivity index (χ1n) is 5.50. The molecule has 0 atom stereocenters. The first kappa shape index (κ1) is 10.8. The lowest BCUT2D eigenvalue weighted by molar-refractivity contribution is 0.591. The van der Waals surface area contributed by atoms with Crippen LogP contribution in [0.5, 0.6) is 0 Å². The predicted octanol–water partition coefficient (Wildman–Crippen LogP) is 3.53. The molecule has 1 heterocycles. The van der Waals surface area contributed by atoms with Gasteiger partial charge in [-0.05, 0) is 22.6 Å². The molecule has 0 spiro atoms. The van der Waals surface area contributed by atoms with Crippen LogP contribution in [0.4, 0.5) is 0 Å². The van der Waals surface area contributed by atoms with Crippen LogP contribution in [0.25, 0.3) is 10.9 Å². The van der Waals surface area contributed by atoms with E-state index < -0.39 is 0 Å². The standard InChI is InChI=1S/C14H16N2/c1-14(2,3)11-4-5-12-10(6-7-15)9-16-13(12)8-11/h4-5,8-9,16H,6H2,1-3H3. The van der Waals surface area contributed by atoms with Crippen molar-refractivity contribution in [1.82, 2.24) is 4.98 Å². The second-order valence-corrected chi connectivity index (χ2v) is 5.16. The van der Waals surface area contributed by atoms with Gasteiger partial charge < -0.3 is 4.98 Å². The van der Waals surface area contributed by atoms with Crippen molar-refractivity contribution >= 4 is 10.9 Å². The molecular formula is C14H16N2. The molecule has 0 amide bonds. The number of nitriles is 1. The number of nitrogens with one attached hydrogen (secondary N) is 1. The lowest BCUT2D eigenvalue weighted by atomic mass is 9.86. The van der Waals surface area contributed by atoms with Crippen LogP contribution in [-0.2, 0) is 11.8 Å². The Morgan fingerprint density at radius 1 is 1.31 bits per heavy atom. The molecule has 16 heavy (non-hydrogen) atoms. The summed E-state index contributed by atoms with van der Waals surface area (Å²) >= 11 is 0. The smallest absolute Gasteiger partial charge is 0.0670 e. The molecule has 2 rings (SSSR count). The van der Waals surface area contributed by atoms with Crippen molar-refractivity contribution in [3.8, 4) is 6.07 Å². The van der Waals surface area contributed by atoms with Crippen LogP contribution in [0.1, 0.15) is 31.9 Å². The highest BCUT2D eigenvalue weighted by Gasteiger charge is 2.14. The molecule has 2 aromatic rings. The quantitative estimate of drug-likeness (QED) is 0.771. The van der Waals surface area contributed by atoms with Crippen LogP contribution in [0.2, 0.25) is 0 Å². The molecule has 0 fully saturated rings. The van der Waals surface area contributed by atoms with Crippen LogP contribution in [0, 0.1) is 11.3 Å². The van der Waals surface area contributed by atoms with E-state index in [1.807, 2.05) is 6.20 Å². The Bertz CT molecular complexity index is 550. The highest BCUT2D eigenvalue weighted by atomic mass is 14.7. The molecule has 0 aliphatic carbocycles. The van der Waals surface area contributed by atoms with Gasteiger partial charge in [-0.1, -0.05) is 32.9 Å². The average Bonchev–Trinajstić information content (AvgIpc) is 2.60. The lowest BCUT2D eigenvalue weighted by Crippen LogP contribution is -2.10. The van der Waals surface area contributed by atoms with Gasteiger partial charge >= 0.3 is 0 Å². The van der Waals surface area contributed by atoms with E-state index in [4.69, 9.17) is 5.26 Å². The number of benzene rings is 1. The van der Waals surface area contributed by atoms with Crippen molar-refractivity contribution < 1.29 is 0 Å². The summed E-state index contributed by atoms with van der Waals surface area (Å²) in [6.45, 7) is 6.61. The molecule has 0 unspecified atom stereocenters. The van der Waals surface area contributed by atoms with Gasteiger partial charge in [0.05, 0.1) is 12.5 Å². The number of rotatable bonds is 1. The van der Waals surface area contributed by atoms with Crippen LogP contribution >= 0.6 is 0 Å². The number of aromatic amines is 1. The highest BCUT2D eigenvalue weighted by Crippen LogP contribution is 2.27. The normalized spacial score (nSPS) is 11.6. The van der Waals surface area contributed by atoms with Crippen molar-refractivity contribution in [2.24, 2.45) is 0 Å². The molecule has 0 saturated carbocycles. The van der Waals surface area contributed by atoms with Gasteiger partial charge in [0.2, 0.25) is 0 Å². The summed E-state index contributed by atoms with van der Waals surface area (Å²) in [5.41, 5.74) is 3.68. The summed E-state index contributed by atoms with van der Waals surface area (Å²) in [7, 11) is 0. The monoisotopic (exact) mass is 212 g/mol. The third-order valence-electron chi connectivity index (χ3n) is 2.90. The molecule has 0 bridgehead atoms. The van der Waals surface area contributed by atoms with E-state index in [0.29, 0.717) is 6.42 Å². The summed E-state index contributed by atoms with van der Waals surface area (Å²) in [4.78, 5) is 3.23. The SMILES string of the molecule is CC(C)(C)c1ccc2c(CC#N)c[nH]c2c1. The number of nitrogens with zero attached hydrogens (tertiary/aromatic N) is 1. The Labute approximate surface area is 95.9 Å². The van der Waals surface area contributed by atoms with Crippen LogP contribution in [-0.4, -0.2) is 4.98 Å². The van der Waals surface area contributed by atoms with Crippen molar-refractivity contribution in [3.63, 3.8) is 0 Å². The molecule has 1 aromatic heterocycles. The first-order valence-corrected chi connectivity index (χ1v) is 5.50. The molecule has 1 N–H and O–H groups in total. The number of hydrogen-bond donors (Lipinski definition) is 1. The van der Waals surface area contributed by atoms with Gasteiger partial charge in [0, 0.05) is 17.1 Å². The van der Waals surface area contributed by atoms with Crippen LogP contribution in [0.3, 0.4) is 0 Å². The molecule has 0 radical (unpaired) electrons. The molecule has 0 aliphatic rings. The van der Waals surface area contributed by atoms with Gasteiger partial charge in [-0.3, -0.25) is 0 Å². The molecule has 1 aromatic carbocycles. The second-order valence-electron chi connectivity index (χ2n) is 5.16. The Kier molecular flexibility index (Phi) is 2.47. The Balaban J connectivity index is 2.54. The first-order chi connectivity index (χ1) is 7.52. The minimum absolute atomic E-state index is 0.161. The second kappa shape index (κ2) is 3.68. The van der Waals surface area contributed by atoms with Crippen molar-refractivity contribution in [2.45, 2.75) is 32.6 Å². The average molecular weight is 212 g/mol. The zero-order chi connectivity index (χ0) is 11.8. The van der Waals surface area contributed by atoms with Crippen molar-refractivity contribution in [2.75, 3.05) is 0 Å². The lowest BCUT2D eigenvalue weighted by Gasteiger charge is -2.18. The Morgan fingerprint density at radius 3 is 2.69 bits per heavy atom. The van der Waals surface area contributed by atoms with Crippen molar-refractivity contribution in [1.29, 1.82) is 5.26 Å². The maximum Gasteiger partial charge on any atom is 0.0670 e. The number of hydrogen-bond acceptors (Lipinski definition) is 1. The fraction of sp³-hybridized carbons (Fsp3) is 0.357. The summed E-state index contributed by atoms with van der Waals surface area (Å²) in [5, 5.41) is 9.88. The van der Waals surface area contributed by atoms with E-state index in [1.54, 1.807) is 0 Å². The van der Waals surface area contributed by atoms with Gasteiger partial charge in [0.25, 0.3) is 0 Å². The Morgan fingerprint density at radius 2 is 2.06 bits per heavy atom. The van der Waals surface area contributed by atoms with E-state index >= 15 is 0 Å². The van der Waals surface area contributed by atoms with Gasteiger partial charge in [-0.2, -0.15) is 5.26 Å². The summed E-state index contributed by atoms with van der Waals surface area (Å²) in [5.74, 6) is 0. The minimum Gasteiger partial charge on any atom is -0.361 e. The highest BCUT2D eigenvalue weighted by molar-refractivity contribution is 5.84. The van der Waals surface area contributed by atoms with Gasteiger partial charge in [0.1, 0.15) is 0 Å². The van der Waals surface area contributed by atoms with Gasteiger partial charge in [-0.25, -0.2) is 0 Å². The summed E-state index contributed by atoms with van der Waals surface area (Å²) in [6.07, 6.45) is 2.40. The van der Waals surface area contributed by atoms with Crippen molar-refractivity contribution in [3.05, 3.63) is 35.5 Å². The third kappa shape index (κ3) is 1.81. The molecular weight excluding hydrogens is 196 g/mol. The topological polar surface area (TPSA) is 39.6 Å². The largest absolute Gasteiger partial charge is 0.361 e. The number of H-pyrrole nitrogens is 1. The minimum atomic E-state index is 0.161. The molecule has 0 saturated heterocycles. The van der Waals surface area contributed by atoms with E-state index in [-0.39, 0.29) is 5.41 Å². The maximum atomic E-state index is 8.72. The molecule has 2 nitrogen and oxygen atoms in total. The molecule has 2 heteroatoms. The van der Waals surface area contributed by atoms with Crippen LogP contribution in [0.15, 0.2) is 24.4 Å². The maximum absolute atomic E-state index is 8.72. The molecule has 0 aliphatic heterocycles. The van der Waals surface area contributed by atoms with E-state index in [2.05, 4.69) is 50.0 Å². The summed E-state index contributed by atoms with van der Waals surface area (Å²) in [6, 6.07) is 8.62. The van der Waals surface area contributed by atoms with Gasteiger partial charge in [0.15, 0.2) is 0 Å². The number of fused-ring (bicyclic) bond motifs is 1. The third-order valence-corrected chi connectivity index (χ3v) is 2.90. The summed E-state index contributed by atoms with van der Waals surface area (Å²) < 4.78 is 0. The zero-order valence-corrected chi connectivity index (χ0v) is 9.96. The number of aromatic nitrogens is 1. The fourth-order valence-electron chi connectivity index (χ4n) is 1.88. The van der Waals surface area contributed by atoms with E-state index in [9.17, 15) is 0 Å².